The van der Waals surface area contributed by atoms with E-state index in [-0.39, 0.29) is 18.1 Å². The zero-order chi connectivity index (χ0) is 18.7. The number of aromatic nitrogens is 3. The Morgan fingerprint density at radius 3 is 2.77 bits per heavy atom. The van der Waals surface area contributed by atoms with E-state index < -0.39 is 0 Å². The van der Waals surface area contributed by atoms with Gasteiger partial charge in [-0.2, -0.15) is 5.10 Å². The average molecular weight is 370 g/mol. The molecule has 0 bridgehead atoms. The van der Waals surface area contributed by atoms with E-state index in [0.717, 1.165) is 28.5 Å². The molecule has 0 atom stereocenters. The first-order chi connectivity index (χ1) is 12.5. The number of nitrogens with zero attached hydrogens (tertiary/aromatic N) is 3. The van der Waals surface area contributed by atoms with E-state index in [0.29, 0.717) is 11.4 Å². The first kappa shape index (κ1) is 18.0. The lowest BCUT2D eigenvalue weighted by Crippen LogP contribution is -2.14. The zero-order valence-electron chi connectivity index (χ0n) is 14.6. The summed E-state index contributed by atoms with van der Waals surface area (Å²) in [5, 5.41) is 9.86. The number of carbonyl (C=O) groups excluding carboxylic acids is 1. The molecule has 1 amide bonds. The number of halogens is 1. The average Bonchev–Trinajstić information content (AvgIpc) is 3.16. The van der Waals surface area contributed by atoms with Crippen molar-refractivity contribution in [3.63, 3.8) is 0 Å². The Morgan fingerprint density at radius 2 is 2.08 bits per heavy atom. The number of allylic oxidation sites excluding steroid dienone is 1. The third-order valence-electron chi connectivity index (χ3n) is 3.98. The number of benzene rings is 1. The fraction of sp³-hybridized carbons (Fsp3) is 0.211. The van der Waals surface area contributed by atoms with Gasteiger partial charge in [-0.15, -0.1) is 17.9 Å². The van der Waals surface area contributed by atoms with Crippen molar-refractivity contribution in [3.05, 3.63) is 70.8 Å². The summed E-state index contributed by atoms with van der Waals surface area (Å²) in [6, 6.07) is 5.66. The number of amides is 1. The zero-order valence-corrected chi connectivity index (χ0v) is 15.4. The molecule has 2 aromatic heterocycles. The summed E-state index contributed by atoms with van der Waals surface area (Å²) in [6.07, 6.45) is 2.76. The van der Waals surface area contributed by atoms with E-state index in [1.54, 1.807) is 4.68 Å². The molecule has 26 heavy (non-hydrogen) atoms. The molecule has 1 N–H and O–H groups in total. The van der Waals surface area contributed by atoms with Crippen molar-refractivity contribution in [2.45, 2.75) is 26.7 Å². The van der Waals surface area contributed by atoms with Gasteiger partial charge < -0.3 is 5.32 Å². The van der Waals surface area contributed by atoms with Crippen LogP contribution in [0.5, 0.6) is 0 Å². The number of carbonyl (C=O) groups is 1. The maximum absolute atomic E-state index is 12.9. The molecule has 3 aromatic rings. The Kier molecular flexibility index (Phi) is 5.27. The lowest BCUT2D eigenvalue weighted by atomic mass is 10.1. The van der Waals surface area contributed by atoms with Crippen LogP contribution in [-0.2, 0) is 17.6 Å². The normalized spacial score (nSPS) is 10.7. The number of hydrogen-bond donors (Lipinski definition) is 1. The Labute approximate surface area is 155 Å². The maximum Gasteiger partial charge on any atom is 0.230 e. The molecule has 7 heteroatoms. The summed E-state index contributed by atoms with van der Waals surface area (Å²) in [5.74, 6) is -0.540. The molecule has 0 aliphatic rings. The van der Waals surface area contributed by atoms with Gasteiger partial charge in [-0.25, -0.2) is 14.1 Å². The molecule has 1 aromatic carbocycles. The van der Waals surface area contributed by atoms with Crippen LogP contribution in [0.15, 0.2) is 42.3 Å². The smallest absolute Gasteiger partial charge is 0.230 e. The van der Waals surface area contributed by atoms with Crippen LogP contribution in [0.25, 0.3) is 5.13 Å². The number of hydrogen-bond acceptors (Lipinski definition) is 4. The number of rotatable bonds is 6. The third-order valence-corrected chi connectivity index (χ3v) is 4.85. The lowest BCUT2D eigenvalue weighted by molar-refractivity contribution is -0.115. The molecule has 0 saturated carbocycles. The maximum atomic E-state index is 12.9. The van der Waals surface area contributed by atoms with Crippen molar-refractivity contribution >= 4 is 22.9 Å². The van der Waals surface area contributed by atoms with Gasteiger partial charge in [0.25, 0.3) is 0 Å². The van der Waals surface area contributed by atoms with Crippen molar-refractivity contribution in [2.75, 3.05) is 5.32 Å². The molecule has 0 fully saturated rings. The minimum Gasteiger partial charge on any atom is -0.326 e. The first-order valence-electron chi connectivity index (χ1n) is 8.14. The van der Waals surface area contributed by atoms with E-state index in [9.17, 15) is 9.18 Å². The highest BCUT2D eigenvalue weighted by atomic mass is 32.1. The van der Waals surface area contributed by atoms with Gasteiger partial charge in [-0.1, -0.05) is 6.08 Å². The highest BCUT2D eigenvalue weighted by Gasteiger charge is 2.15. The summed E-state index contributed by atoms with van der Waals surface area (Å²) in [7, 11) is 0. The largest absolute Gasteiger partial charge is 0.326 e. The summed E-state index contributed by atoms with van der Waals surface area (Å²) in [4.78, 5) is 16.7. The van der Waals surface area contributed by atoms with Crippen LogP contribution in [0.2, 0.25) is 0 Å². The second-order valence-electron chi connectivity index (χ2n) is 5.91. The molecule has 0 aliphatic carbocycles. The van der Waals surface area contributed by atoms with Crippen LogP contribution in [0.1, 0.15) is 22.6 Å². The van der Waals surface area contributed by atoms with Gasteiger partial charge in [0.2, 0.25) is 11.0 Å². The molecule has 0 radical (unpaired) electrons. The van der Waals surface area contributed by atoms with Crippen LogP contribution in [0, 0.1) is 19.7 Å². The second-order valence-corrected chi connectivity index (χ2v) is 6.74. The van der Waals surface area contributed by atoms with Crippen molar-refractivity contribution in [1.82, 2.24) is 14.8 Å². The van der Waals surface area contributed by atoms with Gasteiger partial charge in [0, 0.05) is 22.3 Å². The third kappa shape index (κ3) is 3.88. The molecule has 2 heterocycles. The van der Waals surface area contributed by atoms with Crippen molar-refractivity contribution < 1.29 is 9.18 Å². The van der Waals surface area contributed by atoms with Gasteiger partial charge in [-0.05, 0) is 44.5 Å². The number of anilines is 1. The topological polar surface area (TPSA) is 59.8 Å². The molecule has 0 spiro atoms. The fourth-order valence-electron chi connectivity index (χ4n) is 2.68. The highest BCUT2D eigenvalue weighted by Crippen LogP contribution is 2.22. The molecular formula is C19H19FN4OS. The summed E-state index contributed by atoms with van der Waals surface area (Å²) >= 11 is 1.44. The summed E-state index contributed by atoms with van der Waals surface area (Å²) in [6.45, 7) is 7.75. The Bertz CT molecular complexity index is 943. The van der Waals surface area contributed by atoms with Crippen LogP contribution in [0.3, 0.4) is 0 Å². The molecule has 0 unspecified atom stereocenters. The Balaban J connectivity index is 1.72. The van der Waals surface area contributed by atoms with Gasteiger partial charge in [-0.3, -0.25) is 4.79 Å². The number of aryl methyl sites for hydroxylation is 1. The van der Waals surface area contributed by atoms with Crippen LogP contribution in [-0.4, -0.2) is 20.7 Å². The summed E-state index contributed by atoms with van der Waals surface area (Å²) < 4.78 is 14.7. The van der Waals surface area contributed by atoms with Crippen LogP contribution >= 0.6 is 11.3 Å². The minimum absolute atomic E-state index is 0.146. The molecule has 0 aliphatic heterocycles. The first-order valence-corrected chi connectivity index (χ1v) is 9.02. The van der Waals surface area contributed by atoms with Crippen molar-refractivity contribution in [2.24, 2.45) is 0 Å². The molecular weight excluding hydrogens is 351 g/mol. The summed E-state index contributed by atoms with van der Waals surface area (Å²) in [5.41, 5.74) is 4.35. The van der Waals surface area contributed by atoms with Gasteiger partial charge >= 0.3 is 0 Å². The number of thiazole rings is 1. The quantitative estimate of drug-likeness (QED) is 0.668. The SMILES string of the molecule is C=CCc1c(C)nn(-c2nc(CC(=O)Nc3ccc(F)cc3)cs2)c1C. The predicted octanol–water partition coefficient (Wildman–Crippen LogP) is 3.99. The Hall–Kier alpha value is -2.80. The monoisotopic (exact) mass is 370 g/mol. The van der Waals surface area contributed by atoms with E-state index in [2.05, 4.69) is 22.0 Å². The van der Waals surface area contributed by atoms with E-state index >= 15 is 0 Å². The van der Waals surface area contributed by atoms with Gasteiger partial charge in [0.1, 0.15) is 5.82 Å². The number of nitrogens with one attached hydrogen (secondary N) is 1. The van der Waals surface area contributed by atoms with Crippen LogP contribution in [0.4, 0.5) is 10.1 Å². The van der Waals surface area contributed by atoms with E-state index in [1.807, 2.05) is 25.3 Å². The molecule has 134 valence electrons. The lowest BCUT2D eigenvalue weighted by Gasteiger charge is -2.03. The van der Waals surface area contributed by atoms with Gasteiger partial charge in [0.15, 0.2) is 0 Å². The predicted molar refractivity (Wildman–Crippen MR) is 101 cm³/mol. The minimum atomic E-state index is -0.340. The van der Waals surface area contributed by atoms with Gasteiger partial charge in [0.05, 0.1) is 17.8 Å². The molecule has 5 nitrogen and oxygen atoms in total. The van der Waals surface area contributed by atoms with Crippen LogP contribution < -0.4 is 5.32 Å². The standard InChI is InChI=1S/C19H19FN4OS/c1-4-5-17-12(2)23-24(13(17)3)19-22-16(11-26-19)10-18(25)21-15-8-6-14(20)7-9-15/h4,6-9,11H,1,5,10H2,2-3H3,(H,21,25). The van der Waals surface area contributed by atoms with Crippen molar-refractivity contribution in [3.8, 4) is 5.13 Å². The highest BCUT2D eigenvalue weighted by molar-refractivity contribution is 7.12. The van der Waals surface area contributed by atoms with E-state index in [4.69, 9.17) is 0 Å². The van der Waals surface area contributed by atoms with E-state index in [1.165, 1.54) is 35.6 Å². The fourth-order valence-corrected chi connectivity index (χ4v) is 3.50. The second kappa shape index (κ2) is 7.61. The van der Waals surface area contributed by atoms with Crippen molar-refractivity contribution in [1.29, 1.82) is 0 Å². The molecule has 3 rings (SSSR count). The Morgan fingerprint density at radius 1 is 1.35 bits per heavy atom. The molecule has 0 saturated heterocycles.